The molecule has 3 aromatic heterocycles. The van der Waals surface area contributed by atoms with E-state index in [1.807, 2.05) is 95.8 Å². The van der Waals surface area contributed by atoms with Crippen LogP contribution in [0.2, 0.25) is 0 Å². The third-order valence-corrected chi connectivity index (χ3v) is 7.72. The maximum Gasteiger partial charge on any atom is 0.291 e. The number of unbranched alkanes of at least 4 members (excludes halogenated alkanes) is 1. The fourth-order valence-corrected chi connectivity index (χ4v) is 5.33. The molecule has 194 valence electrons. The van der Waals surface area contributed by atoms with E-state index in [4.69, 9.17) is 9.84 Å². The van der Waals surface area contributed by atoms with Gasteiger partial charge in [0.05, 0.1) is 16.8 Å². The first kappa shape index (κ1) is 25.2. The van der Waals surface area contributed by atoms with Crippen molar-refractivity contribution in [3.63, 3.8) is 0 Å². The van der Waals surface area contributed by atoms with Gasteiger partial charge < -0.3 is 4.74 Å². The summed E-state index contributed by atoms with van der Waals surface area (Å²) in [7, 11) is 0. The Morgan fingerprint density at radius 2 is 1.69 bits per heavy atom. The minimum Gasteiger partial charge on any atom is -0.494 e. The van der Waals surface area contributed by atoms with E-state index < -0.39 is 0 Å². The van der Waals surface area contributed by atoms with Crippen molar-refractivity contribution in [2.24, 2.45) is 0 Å². The van der Waals surface area contributed by atoms with Gasteiger partial charge in [0.1, 0.15) is 11.4 Å². The van der Waals surface area contributed by atoms with Gasteiger partial charge in [0.2, 0.25) is 4.96 Å². The van der Waals surface area contributed by atoms with Crippen molar-refractivity contribution in [2.45, 2.75) is 19.8 Å². The second-order valence-electron chi connectivity index (χ2n) is 8.99. The molecule has 0 saturated heterocycles. The Bertz CT molecular complexity index is 1840. The van der Waals surface area contributed by atoms with Gasteiger partial charge in [-0.15, -0.1) is 5.10 Å². The molecule has 3 aromatic carbocycles. The number of rotatable bonds is 8. The zero-order chi connectivity index (χ0) is 26.8. The number of ether oxygens (including phenoxy) is 1. The van der Waals surface area contributed by atoms with Crippen molar-refractivity contribution in [1.29, 1.82) is 0 Å². The summed E-state index contributed by atoms with van der Waals surface area (Å²) in [5.41, 5.74) is 4.11. The molecule has 3 heterocycles. The number of fused-ring (bicyclic) bond motifs is 1. The van der Waals surface area contributed by atoms with E-state index in [1.165, 1.54) is 15.9 Å². The van der Waals surface area contributed by atoms with Gasteiger partial charge >= 0.3 is 0 Å². The number of nitrogens with zero attached hydrogens (tertiary/aromatic N) is 5. The standard InChI is InChI=1S/C30H24BrN5O2S/c1-2-3-17-38-25-15-11-20(12-16-25)27-22(19-35(33-27)24-7-5-4-6-8-24)18-26-29(37)36-30(39-26)32-28(34-36)21-9-13-23(31)14-10-21/h4-16,18-19H,2-3,17H2,1H3/b26-18-. The van der Waals surface area contributed by atoms with Gasteiger partial charge in [-0.25, -0.2) is 4.68 Å². The van der Waals surface area contributed by atoms with Crippen LogP contribution in [-0.2, 0) is 0 Å². The highest BCUT2D eigenvalue weighted by atomic mass is 79.9. The van der Waals surface area contributed by atoms with Crippen LogP contribution in [0.5, 0.6) is 5.75 Å². The molecule has 0 aliphatic rings. The molecule has 6 aromatic rings. The van der Waals surface area contributed by atoms with Crippen molar-refractivity contribution < 1.29 is 4.74 Å². The van der Waals surface area contributed by atoms with Crippen molar-refractivity contribution in [3.05, 3.63) is 110 Å². The highest BCUT2D eigenvalue weighted by molar-refractivity contribution is 9.10. The van der Waals surface area contributed by atoms with Gasteiger partial charge in [0, 0.05) is 27.4 Å². The van der Waals surface area contributed by atoms with E-state index in [0.717, 1.165) is 51.1 Å². The minimum absolute atomic E-state index is 0.205. The molecule has 0 amide bonds. The van der Waals surface area contributed by atoms with Crippen molar-refractivity contribution in [2.75, 3.05) is 6.61 Å². The minimum atomic E-state index is -0.205. The lowest BCUT2D eigenvalue weighted by Crippen LogP contribution is -2.23. The Hall–Kier alpha value is -4.08. The van der Waals surface area contributed by atoms with Crippen molar-refractivity contribution in [1.82, 2.24) is 24.4 Å². The van der Waals surface area contributed by atoms with Crippen molar-refractivity contribution >= 4 is 38.3 Å². The molecule has 0 unspecified atom stereocenters. The SMILES string of the molecule is CCCCOc1ccc(-c2nn(-c3ccccc3)cc2/C=c2\sc3nc(-c4ccc(Br)cc4)nn3c2=O)cc1. The van der Waals surface area contributed by atoms with E-state index in [2.05, 4.69) is 32.9 Å². The summed E-state index contributed by atoms with van der Waals surface area (Å²) in [6.07, 6.45) is 5.92. The maximum atomic E-state index is 13.3. The number of thiazole rings is 1. The lowest BCUT2D eigenvalue weighted by Gasteiger charge is -2.06. The van der Waals surface area contributed by atoms with Crippen LogP contribution in [-0.4, -0.2) is 31.0 Å². The number of halogens is 1. The predicted molar refractivity (Wildman–Crippen MR) is 158 cm³/mol. The molecular formula is C30H24BrN5O2S. The zero-order valence-electron chi connectivity index (χ0n) is 21.1. The smallest absolute Gasteiger partial charge is 0.291 e. The Morgan fingerprint density at radius 3 is 2.41 bits per heavy atom. The summed E-state index contributed by atoms with van der Waals surface area (Å²) in [4.78, 5) is 18.5. The van der Waals surface area contributed by atoms with Gasteiger partial charge in [-0.1, -0.05) is 70.9 Å². The van der Waals surface area contributed by atoms with E-state index in [9.17, 15) is 4.79 Å². The quantitative estimate of drug-likeness (QED) is 0.196. The first-order valence-electron chi connectivity index (χ1n) is 12.6. The van der Waals surface area contributed by atoms with Gasteiger partial charge in [-0.3, -0.25) is 4.79 Å². The number of hydrogen-bond acceptors (Lipinski definition) is 6. The van der Waals surface area contributed by atoms with Crippen LogP contribution in [0.15, 0.2) is 94.3 Å². The molecule has 0 atom stereocenters. The molecule has 0 aliphatic heterocycles. The normalized spacial score (nSPS) is 11.9. The van der Waals surface area contributed by atoms with Gasteiger partial charge in [-0.2, -0.15) is 14.6 Å². The molecule has 0 radical (unpaired) electrons. The first-order valence-corrected chi connectivity index (χ1v) is 14.3. The van der Waals surface area contributed by atoms with Crippen LogP contribution in [0.4, 0.5) is 0 Å². The summed E-state index contributed by atoms with van der Waals surface area (Å²) in [5, 5.41) is 9.37. The molecule has 0 N–H and O–H groups in total. The number of para-hydroxylation sites is 1. The molecule has 9 heteroatoms. The molecule has 0 bridgehead atoms. The van der Waals surface area contributed by atoms with Crippen LogP contribution in [0.1, 0.15) is 25.3 Å². The Labute approximate surface area is 237 Å². The summed E-state index contributed by atoms with van der Waals surface area (Å²) in [6.45, 7) is 2.84. The fourth-order valence-electron chi connectivity index (χ4n) is 4.17. The molecule has 0 fully saturated rings. The van der Waals surface area contributed by atoms with Crippen LogP contribution in [0, 0.1) is 0 Å². The highest BCUT2D eigenvalue weighted by Gasteiger charge is 2.15. The van der Waals surface area contributed by atoms with Crippen LogP contribution in [0.25, 0.3) is 39.4 Å². The van der Waals surface area contributed by atoms with Crippen LogP contribution in [0.3, 0.4) is 0 Å². The second kappa shape index (κ2) is 11.0. The fraction of sp³-hybridized carbons (Fsp3) is 0.133. The Kier molecular flexibility index (Phi) is 7.08. The van der Waals surface area contributed by atoms with Gasteiger partial charge in [0.15, 0.2) is 5.82 Å². The molecule has 7 nitrogen and oxygen atoms in total. The van der Waals surface area contributed by atoms with Crippen LogP contribution < -0.4 is 14.8 Å². The summed E-state index contributed by atoms with van der Waals surface area (Å²) in [6, 6.07) is 25.5. The molecule has 39 heavy (non-hydrogen) atoms. The lowest BCUT2D eigenvalue weighted by molar-refractivity contribution is 0.309. The summed E-state index contributed by atoms with van der Waals surface area (Å²) in [5.74, 6) is 1.35. The largest absolute Gasteiger partial charge is 0.494 e. The number of benzene rings is 3. The van der Waals surface area contributed by atoms with Crippen LogP contribution >= 0.6 is 27.3 Å². The topological polar surface area (TPSA) is 74.3 Å². The number of aromatic nitrogens is 5. The summed E-state index contributed by atoms with van der Waals surface area (Å²) < 4.78 is 10.6. The zero-order valence-corrected chi connectivity index (χ0v) is 23.5. The van der Waals surface area contributed by atoms with Crippen molar-refractivity contribution in [3.8, 4) is 34.1 Å². The third kappa shape index (κ3) is 5.28. The molecular weight excluding hydrogens is 574 g/mol. The molecule has 6 rings (SSSR count). The van der Waals surface area contributed by atoms with Gasteiger partial charge in [0.25, 0.3) is 5.56 Å². The van der Waals surface area contributed by atoms with E-state index in [0.29, 0.717) is 21.9 Å². The maximum absolute atomic E-state index is 13.3. The van der Waals surface area contributed by atoms with E-state index in [1.54, 1.807) is 0 Å². The first-order chi connectivity index (χ1) is 19.1. The average Bonchev–Trinajstić information content (AvgIpc) is 3.65. The average molecular weight is 599 g/mol. The predicted octanol–water partition coefficient (Wildman–Crippen LogP) is 6.16. The Morgan fingerprint density at radius 1 is 0.949 bits per heavy atom. The molecule has 0 spiro atoms. The van der Waals surface area contributed by atoms with Gasteiger partial charge in [-0.05, 0) is 61.0 Å². The summed E-state index contributed by atoms with van der Waals surface area (Å²) >= 11 is 4.76. The monoisotopic (exact) mass is 597 g/mol. The highest BCUT2D eigenvalue weighted by Crippen LogP contribution is 2.27. The number of hydrogen-bond donors (Lipinski definition) is 0. The van der Waals surface area contributed by atoms with E-state index in [-0.39, 0.29) is 5.56 Å². The molecule has 0 aliphatic carbocycles. The Balaban J connectivity index is 1.40. The van der Waals surface area contributed by atoms with E-state index >= 15 is 0 Å². The second-order valence-corrected chi connectivity index (χ2v) is 10.9. The molecule has 0 saturated carbocycles. The third-order valence-electron chi connectivity index (χ3n) is 6.23. The lowest BCUT2D eigenvalue weighted by atomic mass is 10.1.